The maximum atomic E-state index is 13.0. The average molecular weight is 460 g/mol. The third-order valence-corrected chi connectivity index (χ3v) is 7.39. The number of carbonyl (C=O) groups excluding carboxylic acids is 1. The van der Waals surface area contributed by atoms with E-state index in [1.54, 1.807) is 0 Å². The van der Waals surface area contributed by atoms with Gasteiger partial charge in [-0.15, -0.1) is 0 Å². The summed E-state index contributed by atoms with van der Waals surface area (Å²) in [5.74, 6) is 1.12. The van der Waals surface area contributed by atoms with Crippen molar-refractivity contribution in [2.75, 3.05) is 19.7 Å². The van der Waals surface area contributed by atoms with Gasteiger partial charge in [-0.3, -0.25) is 9.59 Å². The van der Waals surface area contributed by atoms with Crippen LogP contribution in [0.5, 0.6) is 11.5 Å². The van der Waals surface area contributed by atoms with Gasteiger partial charge in [0.05, 0.1) is 25.2 Å². The minimum Gasteiger partial charge on any atom is -0.490 e. The molecule has 0 aliphatic carbocycles. The number of piperidine rings is 1. The van der Waals surface area contributed by atoms with Gasteiger partial charge in [0.1, 0.15) is 5.60 Å². The molecule has 2 saturated heterocycles. The first kappa shape index (κ1) is 23.9. The van der Waals surface area contributed by atoms with Gasteiger partial charge in [0.2, 0.25) is 5.91 Å². The van der Waals surface area contributed by atoms with Crippen molar-refractivity contribution in [3.63, 3.8) is 0 Å². The number of carbonyl (C=O) groups is 2. The Kier molecular flexibility index (Phi) is 6.38. The highest BCUT2D eigenvalue weighted by Crippen LogP contribution is 2.55. The van der Waals surface area contributed by atoms with Crippen LogP contribution in [0.3, 0.4) is 0 Å². The van der Waals surface area contributed by atoms with Gasteiger partial charge in [0.15, 0.2) is 11.5 Å². The Morgan fingerprint density at radius 1 is 1.27 bits per heavy atom. The first-order valence-electron chi connectivity index (χ1n) is 12.1. The zero-order chi connectivity index (χ0) is 24.0. The summed E-state index contributed by atoms with van der Waals surface area (Å²) in [6.45, 7) is 11.7. The molecule has 0 bridgehead atoms. The van der Waals surface area contributed by atoms with E-state index in [1.165, 1.54) is 0 Å². The van der Waals surface area contributed by atoms with Crippen LogP contribution in [0.15, 0.2) is 18.2 Å². The van der Waals surface area contributed by atoms with Crippen molar-refractivity contribution in [1.82, 2.24) is 4.90 Å². The van der Waals surface area contributed by atoms with Gasteiger partial charge >= 0.3 is 5.97 Å². The van der Waals surface area contributed by atoms with E-state index in [-0.39, 0.29) is 42.8 Å². The molecule has 1 aromatic rings. The lowest BCUT2D eigenvalue weighted by Gasteiger charge is -2.53. The van der Waals surface area contributed by atoms with Crippen LogP contribution in [-0.2, 0) is 14.3 Å². The van der Waals surface area contributed by atoms with Gasteiger partial charge < -0.3 is 24.2 Å². The van der Waals surface area contributed by atoms with Crippen LogP contribution in [0.2, 0.25) is 0 Å². The normalized spacial score (nSPS) is 28.1. The fraction of sp³-hybridized carbons (Fsp3) is 0.692. The number of hydrogen-bond donors (Lipinski definition) is 1. The lowest BCUT2D eigenvalue weighted by atomic mass is 9.70. The molecular formula is C26H37NO6. The Balaban J connectivity index is 1.50. The zero-order valence-corrected chi connectivity index (χ0v) is 20.4. The Bertz CT molecular complexity index is 910. The smallest absolute Gasteiger partial charge is 0.303 e. The third-order valence-electron chi connectivity index (χ3n) is 7.39. The molecular weight excluding hydrogens is 422 g/mol. The number of likely N-dealkylation sites (tertiary alicyclic amines) is 1. The number of aliphatic carboxylic acids is 1. The molecule has 182 valence electrons. The third kappa shape index (κ3) is 4.84. The molecule has 1 N–H and O–H groups in total. The number of para-hydroxylation sites is 1. The van der Waals surface area contributed by atoms with Crippen molar-refractivity contribution >= 4 is 11.9 Å². The SMILES string of the molecule is CCOc1cccc2c1OC(C)(C)[C@H]1C[C@H]3CN(C(=O)CC(C)(C)CC(=O)O)CC[C@@H]3O[C@H]21. The number of benzene rings is 1. The second kappa shape index (κ2) is 8.82. The zero-order valence-electron chi connectivity index (χ0n) is 20.4. The van der Waals surface area contributed by atoms with Gasteiger partial charge in [-0.1, -0.05) is 26.0 Å². The van der Waals surface area contributed by atoms with E-state index < -0.39 is 17.0 Å². The Labute approximate surface area is 196 Å². The number of carboxylic acids is 1. The van der Waals surface area contributed by atoms with Crippen LogP contribution < -0.4 is 9.47 Å². The summed E-state index contributed by atoms with van der Waals surface area (Å²) in [6, 6.07) is 6.02. The summed E-state index contributed by atoms with van der Waals surface area (Å²) in [7, 11) is 0. The van der Waals surface area contributed by atoms with Crippen molar-refractivity contribution in [1.29, 1.82) is 0 Å². The topological polar surface area (TPSA) is 85.3 Å². The lowest BCUT2D eigenvalue weighted by Crippen LogP contribution is -2.56. The fourth-order valence-corrected chi connectivity index (χ4v) is 5.78. The molecule has 0 unspecified atom stereocenters. The number of hydrogen-bond acceptors (Lipinski definition) is 5. The second-order valence-electron chi connectivity index (χ2n) is 11.1. The quantitative estimate of drug-likeness (QED) is 0.677. The van der Waals surface area contributed by atoms with Crippen LogP contribution in [0.25, 0.3) is 0 Å². The molecule has 4 rings (SSSR count). The Morgan fingerprint density at radius 2 is 2.03 bits per heavy atom. The molecule has 4 atom stereocenters. The molecule has 3 heterocycles. The van der Waals surface area contributed by atoms with E-state index in [0.29, 0.717) is 19.7 Å². The maximum Gasteiger partial charge on any atom is 0.303 e. The number of fused-ring (bicyclic) bond motifs is 4. The van der Waals surface area contributed by atoms with Gasteiger partial charge in [-0.05, 0) is 45.1 Å². The number of amides is 1. The average Bonchev–Trinajstić information content (AvgIpc) is 2.71. The van der Waals surface area contributed by atoms with Crippen molar-refractivity contribution in [2.24, 2.45) is 17.3 Å². The van der Waals surface area contributed by atoms with Crippen molar-refractivity contribution < 1.29 is 28.9 Å². The van der Waals surface area contributed by atoms with E-state index in [4.69, 9.17) is 19.3 Å². The van der Waals surface area contributed by atoms with Crippen molar-refractivity contribution in [3.05, 3.63) is 23.8 Å². The molecule has 7 nitrogen and oxygen atoms in total. The molecule has 33 heavy (non-hydrogen) atoms. The van der Waals surface area contributed by atoms with E-state index >= 15 is 0 Å². The molecule has 2 fully saturated rings. The van der Waals surface area contributed by atoms with Gasteiger partial charge in [-0.25, -0.2) is 0 Å². The van der Waals surface area contributed by atoms with E-state index in [9.17, 15) is 9.59 Å². The molecule has 3 aliphatic rings. The summed E-state index contributed by atoms with van der Waals surface area (Å²) in [6.07, 6.45) is 1.98. The summed E-state index contributed by atoms with van der Waals surface area (Å²) in [4.78, 5) is 26.0. The number of carboxylic acid groups (broad SMARTS) is 1. The van der Waals surface area contributed by atoms with E-state index in [1.807, 2.05) is 37.8 Å². The molecule has 0 radical (unpaired) electrons. The first-order valence-corrected chi connectivity index (χ1v) is 12.1. The maximum absolute atomic E-state index is 13.0. The molecule has 7 heteroatoms. The molecule has 0 saturated carbocycles. The second-order valence-corrected chi connectivity index (χ2v) is 11.1. The van der Waals surface area contributed by atoms with Crippen LogP contribution in [0, 0.1) is 17.3 Å². The monoisotopic (exact) mass is 459 g/mol. The van der Waals surface area contributed by atoms with Crippen molar-refractivity contribution in [3.8, 4) is 11.5 Å². The highest BCUT2D eigenvalue weighted by molar-refractivity contribution is 5.78. The van der Waals surface area contributed by atoms with Crippen LogP contribution >= 0.6 is 0 Å². The molecule has 0 aromatic heterocycles. The minimum absolute atomic E-state index is 0.0137. The van der Waals surface area contributed by atoms with Crippen molar-refractivity contribution in [2.45, 2.75) is 78.1 Å². The summed E-state index contributed by atoms with van der Waals surface area (Å²) in [5, 5.41) is 9.14. The standard InChI is InChI=1S/C26H37NO6/c1-6-31-20-9-7-8-17-23-18(26(4,5)33-24(17)20)12-16-15-27(11-10-19(16)32-23)21(28)13-25(2,3)14-22(29)30/h7-9,16,18-19,23H,6,10-15H2,1-5H3,(H,29,30)/t16-,18-,19-,23+/m0/s1. The number of nitrogens with zero attached hydrogens (tertiary/aromatic N) is 1. The highest BCUT2D eigenvalue weighted by atomic mass is 16.5. The lowest BCUT2D eigenvalue weighted by molar-refractivity contribution is -0.189. The Morgan fingerprint density at radius 3 is 2.73 bits per heavy atom. The predicted molar refractivity (Wildman–Crippen MR) is 123 cm³/mol. The largest absolute Gasteiger partial charge is 0.490 e. The summed E-state index contributed by atoms with van der Waals surface area (Å²) >= 11 is 0. The minimum atomic E-state index is -0.870. The molecule has 3 aliphatic heterocycles. The Hall–Kier alpha value is -2.28. The highest BCUT2D eigenvalue weighted by Gasteiger charge is 2.52. The van der Waals surface area contributed by atoms with E-state index in [2.05, 4.69) is 19.9 Å². The van der Waals surface area contributed by atoms with Gasteiger partial charge in [0, 0.05) is 36.9 Å². The van der Waals surface area contributed by atoms with E-state index in [0.717, 1.165) is 29.9 Å². The fourth-order valence-electron chi connectivity index (χ4n) is 5.78. The summed E-state index contributed by atoms with van der Waals surface area (Å²) in [5.41, 5.74) is 0.0680. The molecule has 0 spiro atoms. The van der Waals surface area contributed by atoms with Gasteiger partial charge in [0.25, 0.3) is 0 Å². The van der Waals surface area contributed by atoms with Crippen LogP contribution in [-0.4, -0.2) is 53.3 Å². The number of ether oxygens (including phenoxy) is 3. The predicted octanol–water partition coefficient (Wildman–Crippen LogP) is 4.44. The molecule has 1 amide bonds. The van der Waals surface area contributed by atoms with Crippen LogP contribution in [0.4, 0.5) is 0 Å². The molecule has 1 aromatic carbocycles. The van der Waals surface area contributed by atoms with Gasteiger partial charge in [-0.2, -0.15) is 0 Å². The number of rotatable bonds is 6. The van der Waals surface area contributed by atoms with Crippen LogP contribution in [0.1, 0.15) is 72.0 Å². The summed E-state index contributed by atoms with van der Waals surface area (Å²) < 4.78 is 19.0. The first-order chi connectivity index (χ1) is 15.5.